The normalized spacial score (nSPS) is 37.6. The highest BCUT2D eigenvalue weighted by molar-refractivity contribution is 5.02. The number of methoxy groups -OCH3 is 1. The first-order chi connectivity index (χ1) is 6.90. The van der Waals surface area contributed by atoms with Crippen molar-refractivity contribution in [3.05, 3.63) is 12.2 Å². The molecule has 1 aliphatic heterocycles. The van der Waals surface area contributed by atoms with Crippen LogP contribution in [0.4, 0.5) is 0 Å². The third-order valence-corrected chi connectivity index (χ3v) is 3.05. The zero-order chi connectivity index (χ0) is 9.80. The van der Waals surface area contributed by atoms with Gasteiger partial charge in [0.15, 0.2) is 0 Å². The van der Waals surface area contributed by atoms with Gasteiger partial charge in [-0.1, -0.05) is 12.2 Å². The van der Waals surface area contributed by atoms with Crippen LogP contribution < -0.4 is 5.32 Å². The lowest BCUT2D eigenvalue weighted by molar-refractivity contribution is -0.0510. The molecule has 0 amide bonds. The van der Waals surface area contributed by atoms with E-state index in [1.165, 1.54) is 12.8 Å². The van der Waals surface area contributed by atoms with Crippen molar-refractivity contribution in [2.75, 3.05) is 20.3 Å². The van der Waals surface area contributed by atoms with Crippen LogP contribution in [-0.4, -0.2) is 38.5 Å². The van der Waals surface area contributed by atoms with Crippen molar-refractivity contribution in [1.29, 1.82) is 0 Å². The van der Waals surface area contributed by atoms with E-state index < -0.39 is 0 Å². The standard InChI is InChI=1S/C11H19NO2/c1-13-11-8-14-7-6-10(11)12-9-4-2-3-5-9/h2,4,9-12H,3,5-8H2,1H3. The van der Waals surface area contributed by atoms with Gasteiger partial charge in [-0.3, -0.25) is 0 Å². The summed E-state index contributed by atoms with van der Waals surface area (Å²) < 4.78 is 10.8. The fourth-order valence-corrected chi connectivity index (χ4v) is 2.18. The predicted molar refractivity (Wildman–Crippen MR) is 55.3 cm³/mol. The second-order valence-corrected chi connectivity index (χ2v) is 4.02. The smallest absolute Gasteiger partial charge is 0.0958 e. The first-order valence-corrected chi connectivity index (χ1v) is 5.43. The van der Waals surface area contributed by atoms with Crippen molar-refractivity contribution in [2.45, 2.75) is 37.5 Å². The number of rotatable bonds is 3. The topological polar surface area (TPSA) is 30.5 Å². The van der Waals surface area contributed by atoms with Crippen molar-refractivity contribution < 1.29 is 9.47 Å². The summed E-state index contributed by atoms with van der Waals surface area (Å²) in [5.74, 6) is 0. The molecule has 2 aliphatic rings. The molecule has 0 aromatic rings. The summed E-state index contributed by atoms with van der Waals surface area (Å²) >= 11 is 0. The first kappa shape index (κ1) is 10.1. The lowest BCUT2D eigenvalue weighted by atomic mass is 10.0. The average molecular weight is 197 g/mol. The minimum atomic E-state index is 0.220. The zero-order valence-electron chi connectivity index (χ0n) is 8.74. The molecule has 0 spiro atoms. The van der Waals surface area contributed by atoms with Gasteiger partial charge < -0.3 is 14.8 Å². The molecule has 3 atom stereocenters. The van der Waals surface area contributed by atoms with Gasteiger partial charge in [0.1, 0.15) is 0 Å². The highest BCUT2D eigenvalue weighted by Gasteiger charge is 2.27. The van der Waals surface area contributed by atoms with Gasteiger partial charge >= 0.3 is 0 Å². The molecule has 1 aliphatic carbocycles. The Labute approximate surface area is 85.5 Å². The molecule has 3 unspecified atom stereocenters. The van der Waals surface area contributed by atoms with Gasteiger partial charge in [-0.25, -0.2) is 0 Å². The summed E-state index contributed by atoms with van der Waals surface area (Å²) in [5.41, 5.74) is 0. The van der Waals surface area contributed by atoms with Crippen LogP contribution in [0.25, 0.3) is 0 Å². The monoisotopic (exact) mass is 197 g/mol. The Bertz CT molecular complexity index is 205. The molecule has 3 heteroatoms. The molecular formula is C11H19NO2. The van der Waals surface area contributed by atoms with E-state index >= 15 is 0 Å². The fraction of sp³-hybridized carbons (Fsp3) is 0.818. The summed E-state index contributed by atoms with van der Waals surface area (Å²) in [6.07, 6.45) is 8.23. The molecule has 0 aromatic heterocycles. The quantitative estimate of drug-likeness (QED) is 0.687. The maximum Gasteiger partial charge on any atom is 0.0958 e. The minimum Gasteiger partial charge on any atom is -0.379 e. The number of nitrogens with one attached hydrogen (secondary N) is 1. The molecule has 80 valence electrons. The van der Waals surface area contributed by atoms with E-state index in [0.717, 1.165) is 19.6 Å². The molecule has 1 N–H and O–H groups in total. The molecule has 1 heterocycles. The Balaban J connectivity index is 1.84. The first-order valence-electron chi connectivity index (χ1n) is 5.43. The van der Waals surface area contributed by atoms with Gasteiger partial charge in [-0.05, 0) is 19.3 Å². The molecule has 2 rings (SSSR count). The van der Waals surface area contributed by atoms with Crippen molar-refractivity contribution in [3.8, 4) is 0 Å². The molecule has 0 saturated carbocycles. The van der Waals surface area contributed by atoms with Crippen LogP contribution in [-0.2, 0) is 9.47 Å². The number of allylic oxidation sites excluding steroid dienone is 1. The summed E-state index contributed by atoms with van der Waals surface area (Å²) in [4.78, 5) is 0. The van der Waals surface area contributed by atoms with Crippen LogP contribution >= 0.6 is 0 Å². The van der Waals surface area contributed by atoms with E-state index in [0.29, 0.717) is 12.1 Å². The summed E-state index contributed by atoms with van der Waals surface area (Å²) in [5, 5.41) is 3.63. The third-order valence-electron chi connectivity index (χ3n) is 3.05. The highest BCUT2D eigenvalue weighted by atomic mass is 16.5. The van der Waals surface area contributed by atoms with Crippen LogP contribution in [0.1, 0.15) is 19.3 Å². The number of ether oxygens (including phenoxy) is 2. The molecular weight excluding hydrogens is 178 g/mol. The Morgan fingerprint density at radius 1 is 1.43 bits per heavy atom. The van der Waals surface area contributed by atoms with Crippen molar-refractivity contribution in [3.63, 3.8) is 0 Å². The second-order valence-electron chi connectivity index (χ2n) is 4.02. The largest absolute Gasteiger partial charge is 0.379 e. The Kier molecular flexibility index (Phi) is 3.56. The van der Waals surface area contributed by atoms with Gasteiger partial charge in [0.25, 0.3) is 0 Å². The van der Waals surface area contributed by atoms with Crippen LogP contribution in [0.15, 0.2) is 12.2 Å². The van der Waals surface area contributed by atoms with E-state index in [2.05, 4.69) is 17.5 Å². The van der Waals surface area contributed by atoms with Crippen molar-refractivity contribution in [2.24, 2.45) is 0 Å². The summed E-state index contributed by atoms with van der Waals surface area (Å²) in [6, 6.07) is 1.01. The van der Waals surface area contributed by atoms with E-state index in [1.807, 2.05) is 0 Å². The maximum atomic E-state index is 5.40. The van der Waals surface area contributed by atoms with Crippen LogP contribution in [0.2, 0.25) is 0 Å². The van der Waals surface area contributed by atoms with Crippen LogP contribution in [0, 0.1) is 0 Å². The molecule has 0 radical (unpaired) electrons. The third kappa shape index (κ3) is 2.35. The lowest BCUT2D eigenvalue weighted by Crippen LogP contribution is -2.50. The molecule has 3 nitrogen and oxygen atoms in total. The van der Waals surface area contributed by atoms with Crippen LogP contribution in [0.3, 0.4) is 0 Å². The van der Waals surface area contributed by atoms with E-state index in [-0.39, 0.29) is 6.10 Å². The van der Waals surface area contributed by atoms with E-state index in [9.17, 15) is 0 Å². The Hall–Kier alpha value is -0.380. The molecule has 14 heavy (non-hydrogen) atoms. The second kappa shape index (κ2) is 4.91. The van der Waals surface area contributed by atoms with E-state index in [4.69, 9.17) is 9.47 Å². The highest BCUT2D eigenvalue weighted by Crippen LogP contribution is 2.15. The lowest BCUT2D eigenvalue weighted by Gasteiger charge is -2.32. The number of hydrogen-bond acceptors (Lipinski definition) is 3. The van der Waals surface area contributed by atoms with Gasteiger partial charge in [-0.2, -0.15) is 0 Å². The van der Waals surface area contributed by atoms with Crippen LogP contribution in [0.5, 0.6) is 0 Å². The SMILES string of the molecule is COC1COCCC1NC1C=CCC1. The summed E-state index contributed by atoms with van der Waals surface area (Å²) in [7, 11) is 1.76. The maximum absolute atomic E-state index is 5.40. The molecule has 0 aromatic carbocycles. The van der Waals surface area contributed by atoms with Crippen molar-refractivity contribution in [1.82, 2.24) is 5.32 Å². The minimum absolute atomic E-state index is 0.220. The van der Waals surface area contributed by atoms with Gasteiger partial charge in [0.2, 0.25) is 0 Å². The van der Waals surface area contributed by atoms with Gasteiger partial charge in [0, 0.05) is 25.8 Å². The fourth-order valence-electron chi connectivity index (χ4n) is 2.18. The van der Waals surface area contributed by atoms with Crippen molar-refractivity contribution >= 4 is 0 Å². The molecule has 0 bridgehead atoms. The van der Waals surface area contributed by atoms with Gasteiger partial charge in [0.05, 0.1) is 12.7 Å². The zero-order valence-corrected chi connectivity index (χ0v) is 8.74. The van der Waals surface area contributed by atoms with Gasteiger partial charge in [-0.15, -0.1) is 0 Å². The average Bonchev–Trinajstić information content (AvgIpc) is 2.71. The van der Waals surface area contributed by atoms with E-state index in [1.54, 1.807) is 7.11 Å². The number of hydrogen-bond donors (Lipinski definition) is 1. The molecule has 1 fully saturated rings. The Morgan fingerprint density at radius 3 is 3.07 bits per heavy atom. The Morgan fingerprint density at radius 2 is 2.36 bits per heavy atom. The molecule has 1 saturated heterocycles. The predicted octanol–water partition coefficient (Wildman–Crippen LogP) is 1.10. The summed E-state index contributed by atoms with van der Waals surface area (Å²) in [6.45, 7) is 1.58.